The fourth-order valence-corrected chi connectivity index (χ4v) is 2.14. The van der Waals surface area contributed by atoms with E-state index in [1.807, 2.05) is 36.1 Å². The van der Waals surface area contributed by atoms with Gasteiger partial charge in [-0.3, -0.25) is 9.69 Å². The third kappa shape index (κ3) is 4.59. The molecule has 0 aliphatic heterocycles. The molecule has 1 rings (SSSR count). The highest BCUT2D eigenvalue weighted by atomic mass is 16.3. The first kappa shape index (κ1) is 16.6. The van der Waals surface area contributed by atoms with Crippen molar-refractivity contribution >= 4 is 11.6 Å². The summed E-state index contributed by atoms with van der Waals surface area (Å²) in [6.45, 7) is 5.64. The van der Waals surface area contributed by atoms with Crippen molar-refractivity contribution in [2.75, 3.05) is 25.0 Å². The van der Waals surface area contributed by atoms with Crippen LogP contribution in [0.3, 0.4) is 0 Å². The van der Waals surface area contributed by atoms with Gasteiger partial charge in [0, 0.05) is 18.8 Å². The van der Waals surface area contributed by atoms with Crippen molar-refractivity contribution in [3.63, 3.8) is 0 Å². The van der Waals surface area contributed by atoms with Crippen LogP contribution >= 0.6 is 0 Å². The van der Waals surface area contributed by atoms with Gasteiger partial charge < -0.3 is 16.2 Å². The van der Waals surface area contributed by atoms with E-state index < -0.39 is 0 Å². The Labute approximate surface area is 120 Å². The molecule has 1 atom stereocenters. The van der Waals surface area contributed by atoms with Gasteiger partial charge in [-0.1, -0.05) is 25.1 Å². The third-order valence-corrected chi connectivity index (χ3v) is 3.32. The smallest absolute Gasteiger partial charge is 0.241 e. The van der Waals surface area contributed by atoms with E-state index >= 15 is 0 Å². The Morgan fingerprint density at radius 3 is 2.70 bits per heavy atom. The molecule has 1 unspecified atom stereocenters. The van der Waals surface area contributed by atoms with E-state index in [1.54, 1.807) is 0 Å². The van der Waals surface area contributed by atoms with Gasteiger partial charge in [-0.05, 0) is 31.5 Å². The van der Waals surface area contributed by atoms with Gasteiger partial charge in [0.15, 0.2) is 0 Å². The molecular formula is C15H25N3O2. The number of amides is 1. The second kappa shape index (κ2) is 8.68. The molecule has 1 aromatic carbocycles. The molecule has 1 amide bonds. The number of aliphatic hydroxyl groups excluding tert-OH is 1. The first-order chi connectivity index (χ1) is 9.63. The van der Waals surface area contributed by atoms with Crippen molar-refractivity contribution in [3.8, 4) is 0 Å². The predicted octanol–water partition coefficient (Wildman–Crippen LogP) is 1.18. The van der Waals surface area contributed by atoms with Gasteiger partial charge >= 0.3 is 0 Å². The number of hydrogen-bond acceptors (Lipinski definition) is 4. The summed E-state index contributed by atoms with van der Waals surface area (Å²) >= 11 is 0. The maximum absolute atomic E-state index is 12.3. The first-order valence-electron chi connectivity index (χ1n) is 7.07. The van der Waals surface area contributed by atoms with Crippen LogP contribution in [-0.4, -0.2) is 41.7 Å². The lowest BCUT2D eigenvalue weighted by atomic mass is 10.1. The third-order valence-electron chi connectivity index (χ3n) is 3.32. The van der Waals surface area contributed by atoms with Crippen molar-refractivity contribution in [2.24, 2.45) is 5.73 Å². The molecule has 0 fully saturated rings. The topological polar surface area (TPSA) is 78.6 Å². The van der Waals surface area contributed by atoms with Gasteiger partial charge in [0.2, 0.25) is 5.91 Å². The molecule has 0 aliphatic carbocycles. The summed E-state index contributed by atoms with van der Waals surface area (Å²) in [5.41, 5.74) is 7.33. The Bertz CT molecular complexity index is 417. The molecule has 5 heteroatoms. The van der Waals surface area contributed by atoms with E-state index in [4.69, 9.17) is 10.8 Å². The molecule has 0 bridgehead atoms. The molecule has 5 nitrogen and oxygen atoms in total. The van der Waals surface area contributed by atoms with Crippen LogP contribution < -0.4 is 11.1 Å². The number of para-hydroxylation sites is 1. The maximum atomic E-state index is 12.3. The second-order valence-electron chi connectivity index (χ2n) is 4.79. The molecule has 0 saturated heterocycles. The summed E-state index contributed by atoms with van der Waals surface area (Å²) in [6.07, 6.45) is 0.941. The van der Waals surface area contributed by atoms with Gasteiger partial charge in [0.25, 0.3) is 0 Å². The van der Waals surface area contributed by atoms with E-state index in [2.05, 4.69) is 12.2 Å². The van der Waals surface area contributed by atoms with Crippen molar-refractivity contribution in [3.05, 3.63) is 29.8 Å². The van der Waals surface area contributed by atoms with Crippen LogP contribution in [0.4, 0.5) is 5.69 Å². The number of aliphatic hydroxyl groups is 1. The minimum Gasteiger partial charge on any atom is -0.395 e. The minimum absolute atomic E-state index is 0.0526. The lowest BCUT2D eigenvalue weighted by molar-refractivity contribution is -0.120. The molecule has 0 spiro atoms. The number of nitrogens with two attached hydrogens (primary N) is 1. The van der Waals surface area contributed by atoms with E-state index in [0.29, 0.717) is 13.1 Å². The Kier molecular flexibility index (Phi) is 7.22. The van der Waals surface area contributed by atoms with Gasteiger partial charge in [-0.15, -0.1) is 0 Å². The van der Waals surface area contributed by atoms with Gasteiger partial charge in [-0.2, -0.15) is 0 Å². The Balaban J connectivity index is 2.73. The molecule has 0 aliphatic rings. The van der Waals surface area contributed by atoms with Crippen LogP contribution in [0.1, 0.15) is 25.8 Å². The fourth-order valence-electron chi connectivity index (χ4n) is 2.14. The summed E-state index contributed by atoms with van der Waals surface area (Å²) in [7, 11) is 0. The van der Waals surface area contributed by atoms with Crippen LogP contribution in [0.5, 0.6) is 0 Å². The van der Waals surface area contributed by atoms with Gasteiger partial charge in [-0.25, -0.2) is 0 Å². The predicted molar refractivity (Wildman–Crippen MR) is 81.4 cm³/mol. The van der Waals surface area contributed by atoms with Crippen LogP contribution in [0.2, 0.25) is 0 Å². The van der Waals surface area contributed by atoms with Crippen molar-refractivity contribution < 1.29 is 9.90 Å². The molecular weight excluding hydrogens is 254 g/mol. The average Bonchev–Trinajstić information content (AvgIpc) is 2.46. The largest absolute Gasteiger partial charge is 0.395 e. The van der Waals surface area contributed by atoms with Crippen LogP contribution in [0.25, 0.3) is 0 Å². The van der Waals surface area contributed by atoms with E-state index in [9.17, 15) is 4.79 Å². The average molecular weight is 279 g/mol. The lowest BCUT2D eigenvalue weighted by Crippen LogP contribution is -2.44. The molecule has 0 saturated carbocycles. The van der Waals surface area contributed by atoms with Gasteiger partial charge in [0.1, 0.15) is 0 Å². The normalized spacial score (nSPS) is 12.4. The molecule has 0 aromatic heterocycles. The Morgan fingerprint density at radius 1 is 1.40 bits per heavy atom. The second-order valence-corrected chi connectivity index (χ2v) is 4.79. The number of carbonyl (C=O) groups excluding carboxylic acids is 1. The fraction of sp³-hybridized carbons (Fsp3) is 0.533. The summed E-state index contributed by atoms with van der Waals surface area (Å²) in [6, 6.07) is 7.24. The number of carbonyl (C=O) groups is 1. The zero-order valence-electron chi connectivity index (χ0n) is 12.3. The summed E-state index contributed by atoms with van der Waals surface area (Å²) in [5, 5.41) is 12.0. The molecule has 1 aromatic rings. The van der Waals surface area contributed by atoms with Crippen molar-refractivity contribution in [2.45, 2.75) is 32.9 Å². The first-order valence-corrected chi connectivity index (χ1v) is 7.07. The SMILES string of the molecule is CCCN(CCO)C(C)C(=O)Nc1ccccc1CN. The summed E-state index contributed by atoms with van der Waals surface area (Å²) in [5.74, 6) is -0.0761. The number of nitrogens with one attached hydrogen (secondary N) is 1. The maximum Gasteiger partial charge on any atom is 0.241 e. The highest BCUT2D eigenvalue weighted by Crippen LogP contribution is 2.15. The van der Waals surface area contributed by atoms with Crippen molar-refractivity contribution in [1.29, 1.82) is 0 Å². The monoisotopic (exact) mass is 279 g/mol. The molecule has 20 heavy (non-hydrogen) atoms. The van der Waals surface area contributed by atoms with Crippen molar-refractivity contribution in [1.82, 2.24) is 4.90 Å². The molecule has 0 heterocycles. The molecule has 112 valence electrons. The lowest BCUT2D eigenvalue weighted by Gasteiger charge is -2.27. The molecule has 4 N–H and O–H groups in total. The summed E-state index contributed by atoms with van der Waals surface area (Å²) < 4.78 is 0. The highest BCUT2D eigenvalue weighted by Gasteiger charge is 2.20. The summed E-state index contributed by atoms with van der Waals surface area (Å²) in [4.78, 5) is 14.3. The number of nitrogens with zero attached hydrogens (tertiary/aromatic N) is 1. The quantitative estimate of drug-likeness (QED) is 0.667. The van der Waals surface area contributed by atoms with Crippen LogP contribution in [0, 0.1) is 0 Å². The number of benzene rings is 1. The van der Waals surface area contributed by atoms with E-state index in [-0.39, 0.29) is 18.6 Å². The molecule has 0 radical (unpaired) electrons. The Morgan fingerprint density at radius 2 is 2.10 bits per heavy atom. The highest BCUT2D eigenvalue weighted by molar-refractivity contribution is 5.95. The zero-order chi connectivity index (χ0) is 15.0. The van der Waals surface area contributed by atoms with E-state index in [1.165, 1.54) is 0 Å². The minimum atomic E-state index is -0.284. The van der Waals surface area contributed by atoms with Gasteiger partial charge in [0.05, 0.1) is 12.6 Å². The zero-order valence-corrected chi connectivity index (χ0v) is 12.3. The number of hydrogen-bond donors (Lipinski definition) is 3. The van der Waals surface area contributed by atoms with Crippen LogP contribution in [0.15, 0.2) is 24.3 Å². The number of rotatable bonds is 8. The van der Waals surface area contributed by atoms with E-state index in [0.717, 1.165) is 24.2 Å². The Hall–Kier alpha value is -1.43. The number of anilines is 1. The standard InChI is InChI=1S/C15H25N3O2/c1-3-8-18(9-10-19)12(2)15(20)17-14-7-5-4-6-13(14)11-16/h4-7,12,19H,3,8-11,16H2,1-2H3,(H,17,20). The van der Waals surface area contributed by atoms with Crippen LogP contribution in [-0.2, 0) is 11.3 Å².